The minimum absolute atomic E-state index is 0.00671. The zero-order valence-electron chi connectivity index (χ0n) is 26.3. The first-order valence-electron chi connectivity index (χ1n) is 16.2. The van der Waals surface area contributed by atoms with Gasteiger partial charge in [-0.3, -0.25) is 19.3 Å². The van der Waals surface area contributed by atoms with E-state index in [1.807, 2.05) is 28.5 Å². The van der Waals surface area contributed by atoms with Crippen LogP contribution < -0.4 is 9.47 Å². The van der Waals surface area contributed by atoms with E-state index in [1.54, 1.807) is 17.4 Å². The van der Waals surface area contributed by atoms with Crippen molar-refractivity contribution in [3.63, 3.8) is 0 Å². The third kappa shape index (κ3) is 5.15. The molecule has 1 saturated heterocycles. The van der Waals surface area contributed by atoms with Gasteiger partial charge in [0.15, 0.2) is 11.5 Å². The molecule has 3 fully saturated rings. The van der Waals surface area contributed by atoms with Crippen LogP contribution in [-0.4, -0.2) is 71.1 Å². The van der Waals surface area contributed by atoms with E-state index in [-0.39, 0.29) is 29.9 Å². The van der Waals surface area contributed by atoms with Crippen LogP contribution in [0.3, 0.4) is 0 Å². The molecule has 10 heteroatoms. The van der Waals surface area contributed by atoms with E-state index in [4.69, 9.17) is 14.2 Å². The molecule has 2 bridgehead atoms. The van der Waals surface area contributed by atoms with Crippen molar-refractivity contribution < 1.29 is 28.6 Å². The maximum absolute atomic E-state index is 14.1. The summed E-state index contributed by atoms with van der Waals surface area (Å²) in [5, 5.41) is 2.00. The molecule has 1 amide bonds. The van der Waals surface area contributed by atoms with Crippen molar-refractivity contribution in [2.24, 2.45) is 11.8 Å². The molecule has 45 heavy (non-hydrogen) atoms. The molecule has 1 aromatic carbocycles. The molecule has 8 nitrogen and oxygen atoms in total. The summed E-state index contributed by atoms with van der Waals surface area (Å²) in [6, 6.07) is 5.66. The van der Waals surface area contributed by atoms with Crippen LogP contribution in [0.4, 0.5) is 0 Å². The van der Waals surface area contributed by atoms with Gasteiger partial charge in [0.05, 0.1) is 17.5 Å². The fraction of sp³-hybridized carbons (Fsp3) is 0.571. The van der Waals surface area contributed by atoms with E-state index in [0.29, 0.717) is 36.8 Å². The lowest BCUT2D eigenvalue weighted by Gasteiger charge is -2.65. The standard InChI is InChI=1S/C35H41BrN2O6S/c1-20(2)17-38(30(41)10-8-26-16-25(36)19-45-26)27-11-12-35(44-22(4)40)29-15-24-7-9-28(42-21(3)39)32-31(24)34(35,33(27)43-32)13-14-37(29)18-23-5-6-23/h7-10,16,19-20,23,27,29,33H,5-6,11-15,17-18H2,1-4H3/b10-8+/t27-,29-,33+,34+,35-/m1/s1. The zero-order chi connectivity index (χ0) is 31.7. The normalized spacial score (nSPS) is 29.8. The number of piperidine rings is 1. The van der Waals surface area contributed by atoms with Crippen LogP contribution in [0.2, 0.25) is 0 Å². The Morgan fingerprint density at radius 3 is 2.64 bits per heavy atom. The first-order valence-corrected chi connectivity index (χ1v) is 17.9. The number of hydrogen-bond donors (Lipinski definition) is 0. The summed E-state index contributed by atoms with van der Waals surface area (Å²) in [5.41, 5.74) is 0.674. The number of ether oxygens (including phenoxy) is 3. The highest BCUT2D eigenvalue weighted by Gasteiger charge is 2.76. The minimum Gasteiger partial charge on any atom is -0.483 e. The summed E-state index contributed by atoms with van der Waals surface area (Å²) in [5.74, 6) is 1.11. The van der Waals surface area contributed by atoms with Crippen molar-refractivity contribution in [2.45, 2.75) is 95.4 Å². The summed E-state index contributed by atoms with van der Waals surface area (Å²) >= 11 is 5.08. The Hall–Kier alpha value is -2.69. The molecule has 2 aliphatic heterocycles. The van der Waals surface area contributed by atoms with E-state index in [9.17, 15) is 14.4 Å². The Balaban J connectivity index is 1.36. The predicted molar refractivity (Wildman–Crippen MR) is 175 cm³/mol. The largest absolute Gasteiger partial charge is 0.483 e. The molecule has 7 rings (SSSR count). The van der Waals surface area contributed by atoms with Crippen molar-refractivity contribution >= 4 is 51.2 Å². The SMILES string of the molecule is CC(=O)Oc1ccc2c3c1O[C@H]1[C@H](N(CC(C)C)C(=O)/C=C/c4cc(Br)cs4)CC[C@@]4(OC(C)=O)[C@@H](C2)N(CC2CC2)CC[C@]314. The van der Waals surface area contributed by atoms with Gasteiger partial charge in [-0.15, -0.1) is 11.3 Å². The predicted octanol–water partition coefficient (Wildman–Crippen LogP) is 6.14. The lowest BCUT2D eigenvalue weighted by molar-refractivity contribution is -0.224. The highest BCUT2D eigenvalue weighted by Crippen LogP contribution is 2.67. The van der Waals surface area contributed by atoms with Gasteiger partial charge in [0.1, 0.15) is 11.7 Å². The number of nitrogens with zero attached hydrogens (tertiary/aromatic N) is 2. The monoisotopic (exact) mass is 696 g/mol. The fourth-order valence-electron chi connectivity index (χ4n) is 8.88. The molecule has 2 saturated carbocycles. The van der Waals surface area contributed by atoms with Crippen LogP contribution in [0.15, 0.2) is 34.1 Å². The summed E-state index contributed by atoms with van der Waals surface area (Å²) < 4.78 is 20.4. The Bertz CT molecular complexity index is 1570. The Morgan fingerprint density at radius 1 is 1.18 bits per heavy atom. The quantitative estimate of drug-likeness (QED) is 0.177. The first-order chi connectivity index (χ1) is 21.5. The molecule has 240 valence electrons. The lowest BCUT2D eigenvalue weighted by Crippen LogP contribution is -2.79. The molecule has 1 spiro atoms. The molecular formula is C35H41BrN2O6S. The summed E-state index contributed by atoms with van der Waals surface area (Å²) in [6.45, 7) is 9.59. The average Bonchev–Trinajstić information content (AvgIpc) is 3.58. The first kappa shape index (κ1) is 30.9. The van der Waals surface area contributed by atoms with E-state index >= 15 is 0 Å². The highest BCUT2D eigenvalue weighted by atomic mass is 79.9. The Kier molecular flexibility index (Phi) is 7.92. The van der Waals surface area contributed by atoms with Gasteiger partial charge in [-0.25, -0.2) is 0 Å². The van der Waals surface area contributed by atoms with Crippen LogP contribution in [-0.2, 0) is 31.0 Å². The van der Waals surface area contributed by atoms with Gasteiger partial charge >= 0.3 is 11.9 Å². The minimum atomic E-state index is -0.814. The summed E-state index contributed by atoms with van der Waals surface area (Å²) in [4.78, 5) is 44.9. The fourth-order valence-corrected chi connectivity index (χ4v) is 10.2. The number of benzene rings is 1. The van der Waals surface area contributed by atoms with Crippen molar-refractivity contribution in [1.29, 1.82) is 0 Å². The molecule has 1 aromatic heterocycles. The number of likely N-dealkylation sites (tertiary alicyclic amines) is 1. The number of hydrogen-bond acceptors (Lipinski definition) is 8. The van der Waals surface area contributed by atoms with Crippen LogP contribution in [0.1, 0.15) is 75.8 Å². The van der Waals surface area contributed by atoms with Crippen molar-refractivity contribution in [3.8, 4) is 11.5 Å². The van der Waals surface area contributed by atoms with E-state index in [1.165, 1.54) is 26.7 Å². The number of carbonyl (C=O) groups excluding carboxylic acids is 3. The second-order valence-corrected chi connectivity index (χ2v) is 15.8. The molecule has 2 aromatic rings. The average molecular weight is 698 g/mol. The second-order valence-electron chi connectivity index (χ2n) is 13.9. The van der Waals surface area contributed by atoms with Crippen LogP contribution in [0.5, 0.6) is 11.5 Å². The molecule has 0 unspecified atom stereocenters. The Labute approximate surface area is 277 Å². The van der Waals surface area contributed by atoms with Gasteiger partial charge in [-0.1, -0.05) is 19.9 Å². The van der Waals surface area contributed by atoms with Gasteiger partial charge in [0.25, 0.3) is 0 Å². The number of halogens is 1. The number of amides is 1. The smallest absolute Gasteiger partial charge is 0.308 e. The highest BCUT2D eigenvalue weighted by molar-refractivity contribution is 9.10. The van der Waals surface area contributed by atoms with Crippen molar-refractivity contribution in [2.75, 3.05) is 19.6 Å². The van der Waals surface area contributed by atoms with Crippen LogP contribution >= 0.6 is 27.3 Å². The number of carbonyl (C=O) groups is 3. The lowest BCUT2D eigenvalue weighted by atomic mass is 9.48. The van der Waals surface area contributed by atoms with Gasteiger partial charge < -0.3 is 19.1 Å². The molecule has 3 aliphatic carbocycles. The molecule has 3 heterocycles. The van der Waals surface area contributed by atoms with E-state index < -0.39 is 23.1 Å². The summed E-state index contributed by atoms with van der Waals surface area (Å²) in [7, 11) is 0. The van der Waals surface area contributed by atoms with Gasteiger partial charge in [-0.2, -0.15) is 0 Å². The van der Waals surface area contributed by atoms with Crippen LogP contribution in [0.25, 0.3) is 6.08 Å². The zero-order valence-corrected chi connectivity index (χ0v) is 28.7. The van der Waals surface area contributed by atoms with Crippen molar-refractivity contribution in [3.05, 3.63) is 50.1 Å². The number of rotatable bonds is 9. The van der Waals surface area contributed by atoms with E-state index in [0.717, 1.165) is 46.4 Å². The Morgan fingerprint density at radius 2 is 1.98 bits per heavy atom. The maximum Gasteiger partial charge on any atom is 0.308 e. The van der Waals surface area contributed by atoms with Gasteiger partial charge in [0, 0.05) is 53.3 Å². The summed E-state index contributed by atoms with van der Waals surface area (Å²) in [6.07, 6.45) is 8.31. The number of thiophene rings is 1. The third-order valence-electron chi connectivity index (χ3n) is 10.5. The van der Waals surface area contributed by atoms with Gasteiger partial charge in [-0.05, 0) is 96.6 Å². The molecule has 5 aliphatic rings. The van der Waals surface area contributed by atoms with Crippen LogP contribution in [0, 0.1) is 11.8 Å². The second kappa shape index (κ2) is 11.5. The third-order valence-corrected chi connectivity index (χ3v) is 12.1. The molecule has 5 atom stereocenters. The topological polar surface area (TPSA) is 85.4 Å². The van der Waals surface area contributed by atoms with Crippen molar-refractivity contribution in [1.82, 2.24) is 9.80 Å². The van der Waals surface area contributed by atoms with E-state index in [2.05, 4.69) is 40.7 Å². The molecule has 0 N–H and O–H groups in total. The maximum atomic E-state index is 14.1. The molecule has 0 radical (unpaired) electrons. The number of esters is 2. The molecular weight excluding hydrogens is 656 g/mol. The van der Waals surface area contributed by atoms with Gasteiger partial charge in [0.2, 0.25) is 5.91 Å².